The Morgan fingerprint density at radius 2 is 2.16 bits per heavy atom. The van der Waals surface area contributed by atoms with Gasteiger partial charge >= 0.3 is 11.7 Å². The molecule has 10 heteroatoms. The molecule has 6 atom stereocenters. The number of aromatic nitrogens is 2. The summed E-state index contributed by atoms with van der Waals surface area (Å²) in [6, 6.07) is 0.579. The number of aliphatic hydroxyl groups excluding tert-OH is 2. The Kier molecular flexibility index (Phi) is 6.11. The number of nitrogen functional groups attached to an aromatic ring is 1. The van der Waals surface area contributed by atoms with Crippen molar-refractivity contribution in [2.45, 2.75) is 50.8 Å². The topological polar surface area (TPSA) is 163 Å². The zero-order valence-electron chi connectivity index (χ0n) is 14.1. The summed E-state index contributed by atoms with van der Waals surface area (Å²) in [7, 11) is 0. The zero-order valence-corrected chi connectivity index (χ0v) is 14.1. The monoisotopic (exact) mass is 356 g/mol. The molecule has 0 spiro atoms. The Balaban J connectivity index is 2.02. The van der Waals surface area contributed by atoms with Gasteiger partial charge in [0.1, 0.15) is 36.8 Å². The van der Waals surface area contributed by atoms with E-state index in [9.17, 15) is 19.8 Å². The first-order chi connectivity index (χ1) is 11.8. The summed E-state index contributed by atoms with van der Waals surface area (Å²) in [6.07, 6.45) is -2.89. The standard InChI is InChI=1S/C15H24N4O6/c1-3-7(2)10(17)14(22)24-6-8-11(20)12(21)13(25-8)19-5-4-9(16)18-15(19)23/h4-5,7-8,10-13,20-21H,3,6,17H2,1-2H3,(H2,16,18,23)/t7-,8-,10-,11-,12+,13-/m1/s1. The molecule has 6 N–H and O–H groups in total. The quantitative estimate of drug-likeness (QED) is 0.438. The van der Waals surface area contributed by atoms with E-state index in [1.54, 1.807) is 0 Å². The van der Waals surface area contributed by atoms with Crippen LogP contribution in [0.1, 0.15) is 26.5 Å². The van der Waals surface area contributed by atoms with Crippen molar-refractivity contribution in [1.82, 2.24) is 9.55 Å². The van der Waals surface area contributed by atoms with Crippen molar-refractivity contribution >= 4 is 11.8 Å². The van der Waals surface area contributed by atoms with E-state index < -0.39 is 42.2 Å². The highest BCUT2D eigenvalue weighted by Gasteiger charge is 2.44. The molecule has 0 radical (unpaired) electrons. The van der Waals surface area contributed by atoms with Crippen molar-refractivity contribution in [2.24, 2.45) is 11.7 Å². The van der Waals surface area contributed by atoms with Crippen molar-refractivity contribution < 1.29 is 24.5 Å². The first kappa shape index (κ1) is 19.3. The maximum Gasteiger partial charge on any atom is 0.351 e. The minimum absolute atomic E-state index is 0.0267. The van der Waals surface area contributed by atoms with Crippen LogP contribution in [0.2, 0.25) is 0 Å². The maximum absolute atomic E-state index is 11.9. The Morgan fingerprint density at radius 3 is 2.76 bits per heavy atom. The van der Waals surface area contributed by atoms with Crippen LogP contribution in [0.15, 0.2) is 17.1 Å². The van der Waals surface area contributed by atoms with Gasteiger partial charge in [0.15, 0.2) is 6.23 Å². The Labute approximate surface area is 144 Å². The summed E-state index contributed by atoms with van der Waals surface area (Å²) in [5.41, 5.74) is 10.5. The molecule has 2 heterocycles. The van der Waals surface area contributed by atoms with E-state index in [1.807, 2.05) is 13.8 Å². The van der Waals surface area contributed by atoms with Crippen LogP contribution >= 0.6 is 0 Å². The van der Waals surface area contributed by atoms with E-state index in [0.29, 0.717) is 6.42 Å². The van der Waals surface area contributed by atoms with Gasteiger partial charge in [-0.15, -0.1) is 0 Å². The lowest BCUT2D eigenvalue weighted by Crippen LogP contribution is -2.41. The molecule has 1 fully saturated rings. The van der Waals surface area contributed by atoms with Crippen LogP contribution in [0.3, 0.4) is 0 Å². The van der Waals surface area contributed by atoms with E-state index >= 15 is 0 Å². The summed E-state index contributed by atoms with van der Waals surface area (Å²) in [5.74, 6) is -0.645. The summed E-state index contributed by atoms with van der Waals surface area (Å²) >= 11 is 0. The number of carbonyl (C=O) groups is 1. The third-order valence-electron chi connectivity index (χ3n) is 4.38. The van der Waals surface area contributed by atoms with E-state index in [2.05, 4.69) is 4.98 Å². The van der Waals surface area contributed by atoms with Crippen LogP contribution in [0, 0.1) is 5.92 Å². The Morgan fingerprint density at radius 1 is 1.48 bits per heavy atom. The maximum atomic E-state index is 11.9. The minimum Gasteiger partial charge on any atom is -0.462 e. The van der Waals surface area contributed by atoms with Crippen LogP contribution in [-0.2, 0) is 14.3 Å². The molecule has 0 aliphatic carbocycles. The van der Waals surface area contributed by atoms with Crippen LogP contribution in [0.5, 0.6) is 0 Å². The van der Waals surface area contributed by atoms with Gasteiger partial charge in [0.2, 0.25) is 0 Å². The molecule has 1 saturated heterocycles. The van der Waals surface area contributed by atoms with E-state index in [4.69, 9.17) is 20.9 Å². The molecular weight excluding hydrogens is 332 g/mol. The van der Waals surface area contributed by atoms with Gasteiger partial charge in [0, 0.05) is 6.20 Å². The molecule has 1 aliphatic rings. The molecule has 0 aromatic carbocycles. The predicted molar refractivity (Wildman–Crippen MR) is 87.2 cm³/mol. The molecule has 0 bridgehead atoms. The average Bonchev–Trinajstić information content (AvgIpc) is 2.86. The van der Waals surface area contributed by atoms with Gasteiger partial charge in [0.25, 0.3) is 0 Å². The lowest BCUT2D eigenvalue weighted by molar-refractivity contribution is -0.153. The lowest BCUT2D eigenvalue weighted by Gasteiger charge is -2.19. The fraction of sp³-hybridized carbons (Fsp3) is 0.667. The molecule has 2 rings (SSSR count). The van der Waals surface area contributed by atoms with Gasteiger partial charge in [-0.2, -0.15) is 4.98 Å². The second-order valence-electron chi connectivity index (χ2n) is 6.13. The number of esters is 1. The third-order valence-corrected chi connectivity index (χ3v) is 4.38. The Hall–Kier alpha value is -2.01. The van der Waals surface area contributed by atoms with E-state index in [-0.39, 0.29) is 18.3 Å². The largest absolute Gasteiger partial charge is 0.462 e. The molecule has 1 aromatic rings. The van der Waals surface area contributed by atoms with E-state index in [0.717, 1.165) is 4.57 Å². The highest BCUT2D eigenvalue weighted by molar-refractivity contribution is 5.75. The van der Waals surface area contributed by atoms with Crippen LogP contribution in [0.4, 0.5) is 5.82 Å². The van der Waals surface area contributed by atoms with Crippen LogP contribution in [0.25, 0.3) is 0 Å². The fourth-order valence-electron chi connectivity index (χ4n) is 2.46. The molecule has 140 valence electrons. The number of nitrogens with zero attached hydrogens (tertiary/aromatic N) is 2. The summed E-state index contributed by atoms with van der Waals surface area (Å²) in [5, 5.41) is 20.2. The summed E-state index contributed by atoms with van der Waals surface area (Å²) < 4.78 is 11.6. The van der Waals surface area contributed by atoms with Crippen molar-refractivity contribution in [3.63, 3.8) is 0 Å². The summed E-state index contributed by atoms with van der Waals surface area (Å²) in [6.45, 7) is 3.43. The molecule has 1 aromatic heterocycles. The molecule has 0 amide bonds. The van der Waals surface area contributed by atoms with Crippen molar-refractivity contribution in [3.05, 3.63) is 22.7 Å². The second-order valence-corrected chi connectivity index (χ2v) is 6.13. The normalized spacial score (nSPS) is 28.5. The first-order valence-electron chi connectivity index (χ1n) is 8.04. The second kappa shape index (κ2) is 7.91. The number of nitrogens with two attached hydrogens (primary N) is 2. The van der Waals surface area contributed by atoms with Gasteiger partial charge in [-0.25, -0.2) is 4.79 Å². The number of rotatable bonds is 6. The van der Waals surface area contributed by atoms with Gasteiger partial charge in [-0.05, 0) is 12.0 Å². The molecular formula is C15H24N4O6. The number of aliphatic hydroxyl groups is 2. The predicted octanol–water partition coefficient (Wildman–Crippen LogP) is -1.64. The fourth-order valence-corrected chi connectivity index (χ4v) is 2.46. The molecule has 25 heavy (non-hydrogen) atoms. The molecule has 0 saturated carbocycles. The van der Waals surface area contributed by atoms with Gasteiger partial charge in [-0.1, -0.05) is 20.3 Å². The lowest BCUT2D eigenvalue weighted by atomic mass is 10.0. The summed E-state index contributed by atoms with van der Waals surface area (Å²) in [4.78, 5) is 27.3. The number of anilines is 1. The van der Waals surface area contributed by atoms with E-state index in [1.165, 1.54) is 12.3 Å². The van der Waals surface area contributed by atoms with Gasteiger partial charge in [0.05, 0.1) is 0 Å². The van der Waals surface area contributed by atoms with Crippen molar-refractivity contribution in [3.8, 4) is 0 Å². The van der Waals surface area contributed by atoms with Crippen molar-refractivity contribution in [1.29, 1.82) is 0 Å². The zero-order chi connectivity index (χ0) is 18.7. The number of hydrogen-bond acceptors (Lipinski definition) is 9. The highest BCUT2D eigenvalue weighted by Crippen LogP contribution is 2.28. The molecule has 0 unspecified atom stereocenters. The first-order valence-corrected chi connectivity index (χ1v) is 8.04. The van der Waals surface area contributed by atoms with Crippen molar-refractivity contribution in [2.75, 3.05) is 12.3 Å². The number of hydrogen-bond donors (Lipinski definition) is 4. The number of ether oxygens (including phenoxy) is 2. The highest BCUT2D eigenvalue weighted by atomic mass is 16.6. The Bertz CT molecular complexity index is 666. The number of carbonyl (C=O) groups excluding carboxylic acids is 1. The van der Waals surface area contributed by atoms with Crippen LogP contribution < -0.4 is 17.2 Å². The van der Waals surface area contributed by atoms with Gasteiger partial charge < -0.3 is 31.2 Å². The van der Waals surface area contributed by atoms with Crippen LogP contribution in [-0.4, -0.2) is 56.7 Å². The molecule has 10 nitrogen and oxygen atoms in total. The third kappa shape index (κ3) is 4.15. The van der Waals surface area contributed by atoms with Gasteiger partial charge in [-0.3, -0.25) is 9.36 Å². The molecule has 1 aliphatic heterocycles. The SMILES string of the molecule is CC[C@@H](C)[C@@H](N)C(=O)OC[C@H]1O[C@@H](n2ccc(N)nc2=O)[C@@H](O)[C@@H]1O. The average molecular weight is 356 g/mol. The smallest absolute Gasteiger partial charge is 0.351 e. The minimum atomic E-state index is -1.39.